The Balaban J connectivity index is 2.20. The Morgan fingerprint density at radius 1 is 1.25 bits per heavy atom. The molecule has 0 aliphatic rings. The molecule has 0 saturated carbocycles. The van der Waals surface area contributed by atoms with Gasteiger partial charge in [-0.15, -0.1) is 0 Å². The number of aryl methyl sites for hydroxylation is 1. The molecule has 2 aromatic carbocycles. The fraction of sp³-hybridized carbons (Fsp3) is 0.250. The van der Waals surface area contributed by atoms with Gasteiger partial charge < -0.3 is 9.84 Å². The van der Waals surface area contributed by atoms with Gasteiger partial charge in [0.2, 0.25) is 0 Å². The van der Waals surface area contributed by atoms with Crippen LogP contribution in [0.5, 0.6) is 5.75 Å². The fourth-order valence-electron chi connectivity index (χ4n) is 1.94. The maximum atomic E-state index is 13.6. The standard InChI is InChI=1S/C16H16ClFO2/c1-10-3-6-16(14(7-10)11(2)19)20-9-12-8-13(17)4-5-15(12)18/h3-8,11,19H,9H2,1-2H3/t11-/m1/s1. The second-order valence-corrected chi connectivity index (χ2v) is 5.18. The third-order valence-electron chi connectivity index (χ3n) is 3.01. The smallest absolute Gasteiger partial charge is 0.129 e. The predicted octanol–water partition coefficient (Wildman–Crippen LogP) is 4.42. The summed E-state index contributed by atoms with van der Waals surface area (Å²) >= 11 is 5.84. The summed E-state index contributed by atoms with van der Waals surface area (Å²) < 4.78 is 19.2. The summed E-state index contributed by atoms with van der Waals surface area (Å²) in [6, 6.07) is 9.86. The van der Waals surface area contributed by atoms with E-state index in [-0.39, 0.29) is 12.4 Å². The van der Waals surface area contributed by atoms with Crippen LogP contribution in [0.4, 0.5) is 4.39 Å². The second kappa shape index (κ2) is 6.25. The highest BCUT2D eigenvalue weighted by atomic mass is 35.5. The number of hydrogen-bond donors (Lipinski definition) is 1. The monoisotopic (exact) mass is 294 g/mol. The van der Waals surface area contributed by atoms with Crippen molar-refractivity contribution < 1.29 is 14.2 Å². The zero-order valence-electron chi connectivity index (χ0n) is 11.4. The van der Waals surface area contributed by atoms with Gasteiger partial charge in [0, 0.05) is 16.1 Å². The van der Waals surface area contributed by atoms with Gasteiger partial charge in [-0.3, -0.25) is 0 Å². The van der Waals surface area contributed by atoms with Gasteiger partial charge in [-0.2, -0.15) is 0 Å². The molecule has 0 amide bonds. The number of ether oxygens (including phenoxy) is 1. The minimum atomic E-state index is -0.644. The molecule has 0 unspecified atom stereocenters. The van der Waals surface area contributed by atoms with E-state index in [4.69, 9.17) is 16.3 Å². The lowest BCUT2D eigenvalue weighted by Crippen LogP contribution is -2.03. The van der Waals surface area contributed by atoms with Crippen molar-refractivity contribution in [2.75, 3.05) is 0 Å². The van der Waals surface area contributed by atoms with Crippen molar-refractivity contribution in [1.82, 2.24) is 0 Å². The van der Waals surface area contributed by atoms with Crippen LogP contribution in [0.2, 0.25) is 5.02 Å². The van der Waals surface area contributed by atoms with Crippen LogP contribution in [0.1, 0.15) is 29.7 Å². The number of halogens is 2. The summed E-state index contributed by atoms with van der Waals surface area (Å²) in [6.07, 6.45) is -0.644. The molecule has 2 aromatic rings. The molecule has 1 atom stereocenters. The Hall–Kier alpha value is -1.58. The average molecular weight is 295 g/mol. The molecule has 4 heteroatoms. The molecule has 2 rings (SSSR count). The molecule has 0 aliphatic heterocycles. The number of aliphatic hydroxyl groups excluding tert-OH is 1. The lowest BCUT2D eigenvalue weighted by atomic mass is 10.1. The first-order valence-electron chi connectivity index (χ1n) is 6.32. The third-order valence-corrected chi connectivity index (χ3v) is 3.24. The summed E-state index contributed by atoms with van der Waals surface area (Å²) in [5, 5.41) is 10.2. The zero-order chi connectivity index (χ0) is 14.7. The molecule has 0 saturated heterocycles. The molecule has 2 nitrogen and oxygen atoms in total. The Morgan fingerprint density at radius 3 is 2.70 bits per heavy atom. The zero-order valence-corrected chi connectivity index (χ0v) is 12.1. The highest BCUT2D eigenvalue weighted by molar-refractivity contribution is 6.30. The van der Waals surface area contributed by atoms with Gasteiger partial charge in [-0.05, 0) is 44.2 Å². The minimum absolute atomic E-state index is 0.0647. The third kappa shape index (κ3) is 3.50. The number of aliphatic hydroxyl groups is 1. The predicted molar refractivity (Wildman–Crippen MR) is 77.6 cm³/mol. The van der Waals surface area contributed by atoms with Gasteiger partial charge in [0.05, 0.1) is 6.10 Å². The van der Waals surface area contributed by atoms with Crippen molar-refractivity contribution in [3.8, 4) is 5.75 Å². The summed E-state index contributed by atoms with van der Waals surface area (Å²) in [4.78, 5) is 0. The largest absolute Gasteiger partial charge is 0.488 e. The molecular weight excluding hydrogens is 279 g/mol. The Morgan fingerprint density at radius 2 is 2.00 bits per heavy atom. The first kappa shape index (κ1) is 14.8. The van der Waals surface area contributed by atoms with Crippen molar-refractivity contribution in [2.45, 2.75) is 26.6 Å². The quantitative estimate of drug-likeness (QED) is 0.904. The van der Waals surface area contributed by atoms with Gasteiger partial charge in [0.25, 0.3) is 0 Å². The van der Waals surface area contributed by atoms with Gasteiger partial charge in [-0.1, -0.05) is 23.2 Å². The van der Waals surface area contributed by atoms with E-state index in [1.807, 2.05) is 19.1 Å². The van der Waals surface area contributed by atoms with E-state index in [9.17, 15) is 9.50 Å². The number of rotatable bonds is 4. The van der Waals surface area contributed by atoms with Crippen LogP contribution in [0.3, 0.4) is 0 Å². The van der Waals surface area contributed by atoms with E-state index >= 15 is 0 Å². The lowest BCUT2D eigenvalue weighted by Gasteiger charge is -2.14. The minimum Gasteiger partial charge on any atom is -0.488 e. The molecule has 0 aromatic heterocycles. The van der Waals surface area contributed by atoms with Gasteiger partial charge in [-0.25, -0.2) is 4.39 Å². The van der Waals surface area contributed by atoms with Crippen LogP contribution in [-0.4, -0.2) is 5.11 Å². The molecule has 0 spiro atoms. The van der Waals surface area contributed by atoms with Crippen molar-refractivity contribution in [3.05, 3.63) is 63.9 Å². The van der Waals surface area contributed by atoms with E-state index in [0.717, 1.165) is 5.56 Å². The molecule has 106 valence electrons. The SMILES string of the molecule is Cc1ccc(OCc2cc(Cl)ccc2F)c([C@@H](C)O)c1. The van der Waals surface area contributed by atoms with Gasteiger partial charge in [0.15, 0.2) is 0 Å². The molecule has 0 bridgehead atoms. The van der Waals surface area contributed by atoms with Crippen molar-refractivity contribution in [3.63, 3.8) is 0 Å². The molecule has 0 heterocycles. The summed E-state index contributed by atoms with van der Waals surface area (Å²) in [6.45, 7) is 3.67. The highest BCUT2D eigenvalue weighted by Crippen LogP contribution is 2.27. The topological polar surface area (TPSA) is 29.5 Å². The van der Waals surface area contributed by atoms with Crippen LogP contribution in [0, 0.1) is 12.7 Å². The Labute approximate surface area is 122 Å². The molecule has 20 heavy (non-hydrogen) atoms. The van der Waals surface area contributed by atoms with Crippen molar-refractivity contribution in [1.29, 1.82) is 0 Å². The highest BCUT2D eigenvalue weighted by Gasteiger charge is 2.11. The lowest BCUT2D eigenvalue weighted by molar-refractivity contribution is 0.189. The number of benzene rings is 2. The first-order valence-corrected chi connectivity index (χ1v) is 6.70. The summed E-state index contributed by atoms with van der Waals surface area (Å²) in [5.41, 5.74) is 2.10. The van der Waals surface area contributed by atoms with E-state index in [1.54, 1.807) is 13.0 Å². The van der Waals surface area contributed by atoms with Crippen molar-refractivity contribution >= 4 is 11.6 Å². The van der Waals surface area contributed by atoms with Crippen LogP contribution in [0.25, 0.3) is 0 Å². The molecule has 0 radical (unpaired) electrons. The maximum absolute atomic E-state index is 13.6. The molecular formula is C16H16ClFO2. The van der Waals surface area contributed by atoms with E-state index in [2.05, 4.69) is 0 Å². The van der Waals surface area contributed by atoms with E-state index in [1.165, 1.54) is 18.2 Å². The fourth-order valence-corrected chi connectivity index (χ4v) is 2.13. The average Bonchev–Trinajstić information content (AvgIpc) is 2.40. The van der Waals surface area contributed by atoms with E-state index in [0.29, 0.717) is 21.9 Å². The summed E-state index contributed by atoms with van der Waals surface area (Å²) in [5.74, 6) is 0.185. The Bertz CT molecular complexity index is 611. The van der Waals surface area contributed by atoms with Crippen LogP contribution in [-0.2, 0) is 6.61 Å². The van der Waals surface area contributed by atoms with Crippen molar-refractivity contribution in [2.24, 2.45) is 0 Å². The van der Waals surface area contributed by atoms with Crippen LogP contribution >= 0.6 is 11.6 Å². The normalized spacial score (nSPS) is 12.2. The molecule has 0 fully saturated rings. The second-order valence-electron chi connectivity index (χ2n) is 4.74. The summed E-state index contributed by atoms with van der Waals surface area (Å²) in [7, 11) is 0. The molecule has 0 aliphatic carbocycles. The van der Waals surface area contributed by atoms with E-state index < -0.39 is 6.10 Å². The van der Waals surface area contributed by atoms with Gasteiger partial charge in [0.1, 0.15) is 18.2 Å². The number of hydrogen-bond acceptors (Lipinski definition) is 2. The van der Waals surface area contributed by atoms with Gasteiger partial charge >= 0.3 is 0 Å². The van der Waals surface area contributed by atoms with Crippen LogP contribution < -0.4 is 4.74 Å². The maximum Gasteiger partial charge on any atom is 0.129 e. The first-order chi connectivity index (χ1) is 9.47. The van der Waals surface area contributed by atoms with Crippen LogP contribution in [0.15, 0.2) is 36.4 Å². The molecule has 1 N–H and O–H groups in total. The Kier molecular flexibility index (Phi) is 4.63.